The molecule has 0 atom stereocenters. The minimum Gasteiger partial charge on any atom is -0.497 e. The summed E-state index contributed by atoms with van der Waals surface area (Å²) in [6.45, 7) is 5.89. The third-order valence-corrected chi connectivity index (χ3v) is 3.09. The maximum absolute atomic E-state index is 9.33. The molecule has 0 bridgehead atoms. The molecule has 0 aliphatic rings. The average molecular weight is 229 g/mol. The van der Waals surface area contributed by atoms with Gasteiger partial charge < -0.3 is 9.84 Å². The van der Waals surface area contributed by atoms with Crippen LogP contribution in [0.1, 0.15) is 25.0 Å². The van der Waals surface area contributed by atoms with Crippen molar-refractivity contribution < 1.29 is 9.84 Å². The van der Waals surface area contributed by atoms with Gasteiger partial charge in [-0.25, -0.2) is 0 Å². The van der Waals surface area contributed by atoms with Crippen molar-refractivity contribution in [1.82, 2.24) is 0 Å². The van der Waals surface area contributed by atoms with Crippen LogP contribution in [0.15, 0.2) is 12.1 Å². The normalized spacial score (nSPS) is 11.6. The maximum Gasteiger partial charge on any atom is 0.119 e. The second kappa shape index (κ2) is 4.42. The Balaban J connectivity index is 3.34. The average Bonchev–Trinajstić information content (AvgIpc) is 2.21. The number of rotatable bonds is 3. The SMILES string of the molecule is COc1cc(C)c(Cl)c(C(C)(C)CO)c1. The van der Waals surface area contributed by atoms with Crippen LogP contribution < -0.4 is 4.74 Å². The van der Waals surface area contributed by atoms with Crippen molar-refractivity contribution in [2.24, 2.45) is 0 Å². The van der Waals surface area contributed by atoms with Crippen LogP contribution in [0, 0.1) is 6.92 Å². The molecule has 1 aromatic rings. The molecule has 3 heteroatoms. The monoisotopic (exact) mass is 228 g/mol. The number of aliphatic hydroxyl groups excluding tert-OH is 1. The van der Waals surface area contributed by atoms with Crippen molar-refractivity contribution in [3.63, 3.8) is 0 Å². The summed E-state index contributed by atoms with van der Waals surface area (Å²) < 4.78 is 5.19. The van der Waals surface area contributed by atoms with Gasteiger partial charge in [-0.3, -0.25) is 0 Å². The zero-order valence-corrected chi connectivity index (χ0v) is 10.4. The molecule has 0 saturated carbocycles. The Kier molecular flexibility index (Phi) is 3.63. The molecule has 0 heterocycles. The van der Waals surface area contributed by atoms with Gasteiger partial charge in [0.1, 0.15) is 5.75 Å². The highest BCUT2D eigenvalue weighted by molar-refractivity contribution is 6.32. The Morgan fingerprint density at radius 1 is 1.40 bits per heavy atom. The molecule has 1 aromatic carbocycles. The van der Waals surface area contributed by atoms with Gasteiger partial charge in [0.15, 0.2) is 0 Å². The van der Waals surface area contributed by atoms with Crippen molar-refractivity contribution in [3.8, 4) is 5.75 Å². The van der Waals surface area contributed by atoms with Crippen molar-refractivity contribution in [1.29, 1.82) is 0 Å². The van der Waals surface area contributed by atoms with Gasteiger partial charge in [0, 0.05) is 10.4 Å². The predicted molar refractivity (Wildman–Crippen MR) is 62.9 cm³/mol. The van der Waals surface area contributed by atoms with Gasteiger partial charge in [0.25, 0.3) is 0 Å². The summed E-state index contributed by atoms with van der Waals surface area (Å²) in [5, 5.41) is 10.0. The fraction of sp³-hybridized carbons (Fsp3) is 0.500. The van der Waals surface area contributed by atoms with Crippen molar-refractivity contribution >= 4 is 11.6 Å². The third kappa shape index (κ3) is 2.44. The first-order valence-corrected chi connectivity index (χ1v) is 5.25. The number of ether oxygens (including phenoxy) is 1. The van der Waals surface area contributed by atoms with Crippen LogP contribution >= 0.6 is 11.6 Å². The summed E-state index contributed by atoms with van der Waals surface area (Å²) in [6.07, 6.45) is 0. The molecule has 2 nitrogen and oxygen atoms in total. The summed E-state index contributed by atoms with van der Waals surface area (Å²) in [5.74, 6) is 0.772. The Labute approximate surface area is 95.8 Å². The highest BCUT2D eigenvalue weighted by Crippen LogP contribution is 2.34. The molecule has 0 unspecified atom stereocenters. The van der Waals surface area contributed by atoms with Crippen LogP contribution in [0.3, 0.4) is 0 Å². The van der Waals surface area contributed by atoms with E-state index in [1.807, 2.05) is 32.9 Å². The lowest BCUT2D eigenvalue weighted by Crippen LogP contribution is -2.22. The van der Waals surface area contributed by atoms with Crippen molar-refractivity contribution in [2.75, 3.05) is 13.7 Å². The number of benzene rings is 1. The van der Waals surface area contributed by atoms with Crippen LogP contribution in [0.5, 0.6) is 5.75 Å². The van der Waals surface area contributed by atoms with E-state index >= 15 is 0 Å². The standard InChI is InChI=1S/C12H17ClO2/c1-8-5-9(15-4)6-10(11(8)13)12(2,3)7-14/h5-6,14H,7H2,1-4H3. The lowest BCUT2D eigenvalue weighted by Gasteiger charge is -2.25. The molecule has 0 fully saturated rings. The Morgan fingerprint density at radius 2 is 2.00 bits per heavy atom. The number of aliphatic hydroxyl groups is 1. The van der Waals surface area contributed by atoms with E-state index in [2.05, 4.69) is 0 Å². The number of hydrogen-bond donors (Lipinski definition) is 1. The zero-order chi connectivity index (χ0) is 11.6. The summed E-state index contributed by atoms with van der Waals surface area (Å²) in [6, 6.07) is 3.77. The van der Waals surface area contributed by atoms with Gasteiger partial charge in [-0.05, 0) is 30.2 Å². The highest BCUT2D eigenvalue weighted by Gasteiger charge is 2.24. The topological polar surface area (TPSA) is 29.5 Å². The van der Waals surface area contributed by atoms with Crippen LogP contribution in [0.25, 0.3) is 0 Å². The Hall–Kier alpha value is -0.730. The molecule has 0 aliphatic heterocycles. The van der Waals surface area contributed by atoms with E-state index in [-0.39, 0.29) is 12.0 Å². The first-order chi connectivity index (χ1) is 6.92. The zero-order valence-electron chi connectivity index (χ0n) is 9.60. The number of aryl methyl sites for hydroxylation is 1. The highest BCUT2D eigenvalue weighted by atomic mass is 35.5. The quantitative estimate of drug-likeness (QED) is 0.862. The van der Waals surface area contributed by atoms with E-state index in [0.717, 1.165) is 16.9 Å². The number of hydrogen-bond acceptors (Lipinski definition) is 2. The molecule has 0 aliphatic carbocycles. The molecule has 0 amide bonds. The lowest BCUT2D eigenvalue weighted by atomic mass is 9.84. The van der Waals surface area contributed by atoms with E-state index in [4.69, 9.17) is 16.3 Å². The summed E-state index contributed by atoms with van der Waals surface area (Å²) in [5.41, 5.74) is 1.53. The van der Waals surface area contributed by atoms with Gasteiger partial charge in [-0.1, -0.05) is 25.4 Å². The van der Waals surface area contributed by atoms with E-state index in [1.54, 1.807) is 7.11 Å². The van der Waals surface area contributed by atoms with Crippen molar-refractivity contribution in [3.05, 3.63) is 28.3 Å². The molecular formula is C12H17ClO2. The van der Waals surface area contributed by atoms with E-state index < -0.39 is 0 Å². The van der Waals surface area contributed by atoms with Gasteiger partial charge in [-0.15, -0.1) is 0 Å². The second-order valence-corrected chi connectivity index (χ2v) is 4.73. The molecule has 0 radical (unpaired) electrons. The van der Waals surface area contributed by atoms with Crippen LogP contribution in [0.4, 0.5) is 0 Å². The van der Waals surface area contributed by atoms with Crippen LogP contribution in [-0.2, 0) is 5.41 Å². The van der Waals surface area contributed by atoms with Gasteiger partial charge in [0.05, 0.1) is 13.7 Å². The van der Waals surface area contributed by atoms with E-state index in [9.17, 15) is 5.11 Å². The first-order valence-electron chi connectivity index (χ1n) is 4.88. The number of methoxy groups -OCH3 is 1. The first kappa shape index (κ1) is 12.3. The van der Waals surface area contributed by atoms with E-state index in [1.165, 1.54) is 0 Å². The Bertz CT molecular complexity index is 359. The summed E-state index contributed by atoms with van der Waals surface area (Å²) >= 11 is 6.22. The molecule has 15 heavy (non-hydrogen) atoms. The molecule has 0 spiro atoms. The van der Waals surface area contributed by atoms with Crippen molar-refractivity contribution in [2.45, 2.75) is 26.2 Å². The van der Waals surface area contributed by atoms with Crippen LogP contribution in [0.2, 0.25) is 5.02 Å². The molecule has 0 aromatic heterocycles. The predicted octanol–water partition coefficient (Wildman–Crippen LogP) is 2.93. The minimum atomic E-state index is -0.351. The van der Waals surface area contributed by atoms with Crippen LogP contribution in [-0.4, -0.2) is 18.8 Å². The van der Waals surface area contributed by atoms with Gasteiger partial charge in [0.2, 0.25) is 0 Å². The fourth-order valence-electron chi connectivity index (χ4n) is 1.43. The molecular weight excluding hydrogens is 212 g/mol. The maximum atomic E-state index is 9.33. The molecule has 1 rings (SSSR count). The fourth-order valence-corrected chi connectivity index (χ4v) is 1.80. The molecule has 84 valence electrons. The van der Waals surface area contributed by atoms with Gasteiger partial charge in [-0.2, -0.15) is 0 Å². The smallest absolute Gasteiger partial charge is 0.119 e. The number of halogens is 1. The largest absolute Gasteiger partial charge is 0.497 e. The Morgan fingerprint density at radius 3 is 2.47 bits per heavy atom. The van der Waals surface area contributed by atoms with E-state index in [0.29, 0.717) is 5.02 Å². The second-order valence-electron chi connectivity index (χ2n) is 4.35. The molecule has 0 saturated heterocycles. The molecule has 1 N–H and O–H groups in total. The third-order valence-electron chi connectivity index (χ3n) is 2.59. The summed E-state index contributed by atoms with van der Waals surface area (Å²) in [7, 11) is 1.62. The van der Waals surface area contributed by atoms with Gasteiger partial charge >= 0.3 is 0 Å². The minimum absolute atomic E-state index is 0.0549. The summed E-state index contributed by atoms with van der Waals surface area (Å²) in [4.78, 5) is 0. The lowest BCUT2D eigenvalue weighted by molar-refractivity contribution is 0.218.